The number of amides is 1. The highest BCUT2D eigenvalue weighted by atomic mass is 32.2. The fourth-order valence-corrected chi connectivity index (χ4v) is 1.80. The van der Waals surface area contributed by atoms with E-state index in [2.05, 4.69) is 5.32 Å². The molecule has 1 aromatic rings. The van der Waals surface area contributed by atoms with Crippen molar-refractivity contribution in [3.05, 3.63) is 29.8 Å². The Morgan fingerprint density at radius 1 is 1.44 bits per heavy atom. The van der Waals surface area contributed by atoms with Gasteiger partial charge in [0.05, 0.1) is 11.4 Å². The highest BCUT2D eigenvalue weighted by Gasteiger charge is 2.10. The van der Waals surface area contributed by atoms with Crippen molar-refractivity contribution in [1.29, 1.82) is 0 Å². The van der Waals surface area contributed by atoms with Crippen LogP contribution in [-0.2, 0) is 4.79 Å². The molecule has 0 atom stereocenters. The first-order chi connectivity index (χ1) is 8.40. The molecule has 0 bridgehead atoms. The van der Waals surface area contributed by atoms with E-state index in [1.807, 2.05) is 0 Å². The number of nitrogens with one attached hydrogen (secondary N) is 1. The smallest absolute Gasteiger partial charge is 0.234 e. The zero-order valence-electron chi connectivity index (χ0n) is 9.87. The fourth-order valence-electron chi connectivity index (χ4n) is 1.04. The Hall–Kier alpha value is -1.21. The van der Waals surface area contributed by atoms with Gasteiger partial charge in [0.1, 0.15) is 16.0 Å². The number of hydrogen-bond donors (Lipinski definition) is 1. The van der Waals surface area contributed by atoms with Gasteiger partial charge in [-0.25, -0.2) is 8.78 Å². The molecule has 0 spiro atoms. The van der Waals surface area contributed by atoms with Crippen LogP contribution in [0.4, 0.5) is 14.5 Å². The van der Waals surface area contributed by atoms with E-state index in [0.717, 1.165) is 30.0 Å². The van der Waals surface area contributed by atoms with Crippen LogP contribution in [0.1, 0.15) is 0 Å². The quantitative estimate of drug-likeness (QED) is 0.867. The van der Waals surface area contributed by atoms with Crippen LogP contribution in [0.3, 0.4) is 0 Å². The Bertz CT molecular complexity index is 466. The van der Waals surface area contributed by atoms with E-state index in [4.69, 9.17) is 12.2 Å². The van der Waals surface area contributed by atoms with E-state index in [0.29, 0.717) is 4.32 Å². The van der Waals surface area contributed by atoms with Crippen molar-refractivity contribution in [3.63, 3.8) is 0 Å². The molecule has 0 aliphatic heterocycles. The minimum absolute atomic E-state index is 0.0486. The first-order valence-corrected chi connectivity index (χ1v) is 6.38. The van der Waals surface area contributed by atoms with Crippen molar-refractivity contribution in [2.45, 2.75) is 0 Å². The average Bonchev–Trinajstić information content (AvgIpc) is 2.30. The predicted molar refractivity (Wildman–Crippen MR) is 73.7 cm³/mol. The van der Waals surface area contributed by atoms with E-state index >= 15 is 0 Å². The molecule has 0 saturated heterocycles. The first kappa shape index (κ1) is 14.8. The molecule has 0 radical (unpaired) electrons. The summed E-state index contributed by atoms with van der Waals surface area (Å²) in [4.78, 5) is 13.2. The number of benzene rings is 1. The van der Waals surface area contributed by atoms with Gasteiger partial charge in [-0.3, -0.25) is 4.79 Å². The largest absolute Gasteiger partial charge is 0.364 e. The summed E-state index contributed by atoms with van der Waals surface area (Å²) >= 11 is 6.13. The molecule has 0 saturated carbocycles. The lowest BCUT2D eigenvalue weighted by Crippen LogP contribution is -2.21. The van der Waals surface area contributed by atoms with Crippen LogP contribution < -0.4 is 5.32 Å². The zero-order valence-corrected chi connectivity index (χ0v) is 11.5. The third-order valence-corrected chi connectivity index (χ3v) is 3.63. The van der Waals surface area contributed by atoms with Crippen LogP contribution >= 0.6 is 24.0 Å². The maximum absolute atomic E-state index is 13.2. The molecule has 18 heavy (non-hydrogen) atoms. The van der Waals surface area contributed by atoms with E-state index in [-0.39, 0.29) is 11.4 Å². The van der Waals surface area contributed by atoms with Gasteiger partial charge >= 0.3 is 0 Å². The predicted octanol–water partition coefficient (Wildman–Crippen LogP) is 2.48. The SMILES string of the molecule is CN(C)C(=S)SCC(=O)Nc1cc(F)ccc1F. The summed E-state index contributed by atoms with van der Waals surface area (Å²) in [5.74, 6) is -1.67. The number of rotatable bonds is 3. The second kappa shape index (κ2) is 6.65. The standard InChI is InChI=1S/C11H12F2N2OS2/c1-15(2)11(17)18-6-10(16)14-9-5-7(12)3-4-8(9)13/h3-5H,6H2,1-2H3,(H,14,16). The first-order valence-electron chi connectivity index (χ1n) is 4.99. The van der Waals surface area contributed by atoms with Crippen LogP contribution in [0.2, 0.25) is 0 Å². The summed E-state index contributed by atoms with van der Waals surface area (Å²) in [6.45, 7) is 0. The summed E-state index contributed by atoms with van der Waals surface area (Å²) in [5.41, 5.74) is -0.170. The van der Waals surface area contributed by atoms with E-state index in [1.54, 1.807) is 19.0 Å². The summed E-state index contributed by atoms with van der Waals surface area (Å²) in [6.07, 6.45) is 0. The second-order valence-electron chi connectivity index (χ2n) is 3.62. The molecule has 7 heteroatoms. The fraction of sp³-hybridized carbons (Fsp3) is 0.273. The van der Waals surface area contributed by atoms with Gasteiger partial charge in [-0.05, 0) is 12.1 Å². The lowest BCUT2D eigenvalue weighted by Gasteiger charge is -2.12. The van der Waals surface area contributed by atoms with E-state index < -0.39 is 17.5 Å². The number of nitrogens with zero attached hydrogens (tertiary/aromatic N) is 1. The molecule has 0 heterocycles. The summed E-state index contributed by atoms with van der Waals surface area (Å²) in [6, 6.07) is 2.88. The lowest BCUT2D eigenvalue weighted by molar-refractivity contribution is -0.113. The Kier molecular flexibility index (Phi) is 5.49. The summed E-state index contributed by atoms with van der Waals surface area (Å²) < 4.78 is 26.6. The van der Waals surface area contributed by atoms with Gasteiger partial charge in [-0.1, -0.05) is 24.0 Å². The molecule has 1 N–H and O–H groups in total. The Labute approximate surface area is 114 Å². The van der Waals surface area contributed by atoms with Gasteiger partial charge in [0, 0.05) is 20.2 Å². The molecule has 0 fully saturated rings. The molecular weight excluding hydrogens is 278 g/mol. The van der Waals surface area contributed by atoms with Gasteiger partial charge < -0.3 is 10.2 Å². The maximum Gasteiger partial charge on any atom is 0.234 e. The number of carbonyl (C=O) groups excluding carboxylic acids is 1. The molecule has 3 nitrogen and oxygen atoms in total. The molecule has 0 unspecified atom stereocenters. The maximum atomic E-state index is 13.2. The lowest BCUT2D eigenvalue weighted by atomic mass is 10.3. The third-order valence-electron chi connectivity index (χ3n) is 1.89. The van der Waals surface area contributed by atoms with Crippen LogP contribution in [0.5, 0.6) is 0 Å². The van der Waals surface area contributed by atoms with E-state index in [1.165, 1.54) is 0 Å². The van der Waals surface area contributed by atoms with E-state index in [9.17, 15) is 13.6 Å². The topological polar surface area (TPSA) is 32.3 Å². The number of hydrogen-bond acceptors (Lipinski definition) is 3. The summed E-state index contributed by atoms with van der Waals surface area (Å²) in [5, 5.41) is 2.29. The number of thioether (sulfide) groups is 1. The monoisotopic (exact) mass is 290 g/mol. The van der Waals surface area contributed by atoms with Gasteiger partial charge in [0.25, 0.3) is 0 Å². The van der Waals surface area contributed by atoms with Crippen molar-refractivity contribution in [2.24, 2.45) is 0 Å². The van der Waals surface area contributed by atoms with Crippen LogP contribution in [-0.4, -0.2) is 35.0 Å². The van der Waals surface area contributed by atoms with Crippen molar-refractivity contribution in [2.75, 3.05) is 25.2 Å². The molecule has 98 valence electrons. The molecule has 1 aromatic carbocycles. The average molecular weight is 290 g/mol. The number of thiocarbonyl (C=S) groups is 1. The van der Waals surface area contributed by atoms with Crippen molar-refractivity contribution in [1.82, 2.24) is 4.90 Å². The van der Waals surface area contributed by atoms with Crippen LogP contribution in [0.15, 0.2) is 18.2 Å². The number of anilines is 1. The van der Waals surface area contributed by atoms with Gasteiger partial charge in [0.2, 0.25) is 5.91 Å². The van der Waals surface area contributed by atoms with Crippen molar-refractivity contribution < 1.29 is 13.6 Å². The minimum Gasteiger partial charge on any atom is -0.364 e. The molecule has 0 aromatic heterocycles. The van der Waals surface area contributed by atoms with Gasteiger partial charge in [-0.2, -0.15) is 0 Å². The van der Waals surface area contributed by atoms with Crippen LogP contribution in [0.25, 0.3) is 0 Å². The molecule has 1 rings (SSSR count). The Morgan fingerprint density at radius 2 is 2.11 bits per heavy atom. The van der Waals surface area contributed by atoms with Gasteiger partial charge in [0.15, 0.2) is 0 Å². The molecule has 0 aliphatic rings. The highest BCUT2D eigenvalue weighted by Crippen LogP contribution is 2.16. The number of halogens is 2. The minimum atomic E-state index is -0.676. The van der Waals surface area contributed by atoms with Gasteiger partial charge in [-0.15, -0.1) is 0 Å². The Morgan fingerprint density at radius 3 is 2.72 bits per heavy atom. The third kappa shape index (κ3) is 4.58. The zero-order chi connectivity index (χ0) is 13.7. The van der Waals surface area contributed by atoms with Crippen LogP contribution in [0, 0.1) is 11.6 Å². The number of carbonyl (C=O) groups is 1. The van der Waals surface area contributed by atoms with Crippen molar-refractivity contribution in [3.8, 4) is 0 Å². The Balaban J connectivity index is 2.55. The normalized spacial score (nSPS) is 10.0. The second-order valence-corrected chi connectivity index (χ2v) is 5.23. The summed E-state index contributed by atoms with van der Waals surface area (Å²) in [7, 11) is 3.53. The molecule has 0 aliphatic carbocycles. The molecular formula is C11H12F2N2OS2. The van der Waals surface area contributed by atoms with Crippen molar-refractivity contribution >= 4 is 39.9 Å². The highest BCUT2D eigenvalue weighted by molar-refractivity contribution is 8.23. The molecule has 1 amide bonds.